The average molecular weight is 895 g/mol. The standard InChI is InChI=1S/C49H82O12S/c1-3-5-7-9-11-13-15-17-19-20-21-22-24-25-27-29-31-33-35-37-44(50)58-39-42(40-59-49-48(54)47(53)46(52)43(61-49)41-62(55,56)57)60-45(51)38-36-34-32-30-28-26-23-18-16-14-12-10-8-6-4-2/h11,13,16-17,19,21-23,25,27,42-43,46-49,52-54H,3-10,12,14-15,20,24,26,28-41H2,1-2H3,(H,55,56,57)/b13-11+,19-17+,22-21+,27-25+/t18?,42-,43-,46-,47?,48?,49+/m1/s1. The molecule has 0 spiro atoms. The number of carbonyl (C=O) groups excluding carboxylic acids is 2. The number of aliphatic hydroxyl groups is 3. The van der Waals surface area contributed by atoms with Gasteiger partial charge in [-0.1, -0.05) is 127 Å². The Labute approximate surface area is 374 Å². The number of rotatable bonds is 38. The summed E-state index contributed by atoms with van der Waals surface area (Å²) < 4.78 is 54.1. The van der Waals surface area contributed by atoms with E-state index >= 15 is 0 Å². The summed E-state index contributed by atoms with van der Waals surface area (Å²) in [4.78, 5) is 25.4. The fraction of sp³-hybridized carbons (Fsp3) is 0.735. The summed E-state index contributed by atoms with van der Waals surface area (Å²) in [6.45, 7) is 3.67. The molecule has 0 amide bonds. The molecule has 0 aliphatic carbocycles. The highest BCUT2D eigenvalue weighted by Crippen LogP contribution is 2.24. The predicted octanol–water partition coefficient (Wildman–Crippen LogP) is 9.88. The zero-order chi connectivity index (χ0) is 45.5. The first-order chi connectivity index (χ1) is 30.0. The van der Waals surface area contributed by atoms with E-state index in [0.29, 0.717) is 12.8 Å². The quantitative estimate of drug-likeness (QED) is 0.0151. The molecule has 0 aromatic rings. The maximum atomic E-state index is 12.8. The van der Waals surface area contributed by atoms with Gasteiger partial charge in [-0.3, -0.25) is 14.1 Å². The maximum Gasteiger partial charge on any atom is 0.306 e. The lowest BCUT2D eigenvalue weighted by Gasteiger charge is -2.40. The zero-order valence-corrected chi connectivity index (χ0v) is 38.8. The van der Waals surface area contributed by atoms with Crippen LogP contribution in [0.5, 0.6) is 0 Å². The first-order valence-corrected chi connectivity index (χ1v) is 25.2. The molecule has 0 aromatic carbocycles. The molecule has 0 radical (unpaired) electrons. The van der Waals surface area contributed by atoms with Gasteiger partial charge in [0.15, 0.2) is 12.4 Å². The Kier molecular flexibility index (Phi) is 35.6. The summed E-state index contributed by atoms with van der Waals surface area (Å²) in [6.07, 6.45) is 36.1. The van der Waals surface area contributed by atoms with E-state index in [0.717, 1.165) is 83.5 Å². The fourth-order valence-electron chi connectivity index (χ4n) is 6.64. The second kappa shape index (κ2) is 38.6. The summed E-state index contributed by atoms with van der Waals surface area (Å²) in [5.41, 5.74) is 3.27. The van der Waals surface area contributed by atoms with Crippen molar-refractivity contribution in [3.63, 3.8) is 0 Å². The van der Waals surface area contributed by atoms with E-state index in [1.54, 1.807) is 0 Å². The van der Waals surface area contributed by atoms with Gasteiger partial charge in [0.1, 0.15) is 36.8 Å². The third-order valence-corrected chi connectivity index (χ3v) is 11.1. The van der Waals surface area contributed by atoms with Gasteiger partial charge in [0, 0.05) is 12.8 Å². The average Bonchev–Trinajstić information content (AvgIpc) is 3.24. The van der Waals surface area contributed by atoms with Crippen LogP contribution in [-0.4, -0.2) is 96.0 Å². The SMILES string of the molecule is CCCCC/C=C/C/C=C/C/C=C/C/C=C/CCCCCC(=O)OC[C@H](CO[C@H]1O[C@H](CS(=O)(=O)O)[C@@H](O)C(O)C1O)OC(=O)CCCCCCCC=C=CCCCCCCC. The Morgan fingerprint density at radius 2 is 1.06 bits per heavy atom. The van der Waals surface area contributed by atoms with Crippen LogP contribution in [0.4, 0.5) is 0 Å². The molecule has 1 rings (SSSR count). The highest BCUT2D eigenvalue weighted by Gasteiger charge is 2.46. The van der Waals surface area contributed by atoms with Gasteiger partial charge in [0.05, 0.1) is 6.61 Å². The van der Waals surface area contributed by atoms with Crippen LogP contribution in [0.25, 0.3) is 0 Å². The summed E-state index contributed by atoms with van der Waals surface area (Å²) in [5.74, 6) is -2.05. The molecule has 13 heteroatoms. The van der Waals surface area contributed by atoms with Gasteiger partial charge in [0.25, 0.3) is 10.1 Å². The van der Waals surface area contributed by atoms with E-state index in [2.05, 4.69) is 80.3 Å². The van der Waals surface area contributed by atoms with Gasteiger partial charge in [-0.2, -0.15) is 8.42 Å². The molecule has 0 bridgehead atoms. The summed E-state index contributed by atoms with van der Waals surface area (Å²) >= 11 is 0. The predicted molar refractivity (Wildman–Crippen MR) is 246 cm³/mol. The molecule has 0 saturated carbocycles. The van der Waals surface area contributed by atoms with E-state index in [4.69, 9.17) is 18.9 Å². The third kappa shape index (κ3) is 32.8. The van der Waals surface area contributed by atoms with E-state index in [1.807, 2.05) is 0 Å². The summed E-state index contributed by atoms with van der Waals surface area (Å²) in [6, 6.07) is 0. The fourth-order valence-corrected chi connectivity index (χ4v) is 7.33. The molecule has 6 atom stereocenters. The maximum absolute atomic E-state index is 12.8. The number of carbonyl (C=O) groups is 2. The highest BCUT2D eigenvalue weighted by atomic mass is 32.2. The van der Waals surface area contributed by atoms with Crippen LogP contribution in [0.1, 0.15) is 174 Å². The molecule has 1 aliphatic rings. The van der Waals surface area contributed by atoms with Crippen molar-refractivity contribution in [1.82, 2.24) is 0 Å². The van der Waals surface area contributed by atoms with Crippen molar-refractivity contribution in [2.45, 2.75) is 211 Å². The smallest absolute Gasteiger partial charge is 0.306 e. The molecule has 1 saturated heterocycles. The van der Waals surface area contributed by atoms with Crippen molar-refractivity contribution < 1.29 is 56.8 Å². The van der Waals surface area contributed by atoms with Crippen molar-refractivity contribution in [3.05, 3.63) is 66.5 Å². The molecule has 0 aromatic heterocycles. The van der Waals surface area contributed by atoms with E-state index < -0.39 is 71.2 Å². The Balaban J connectivity index is 2.48. The molecular weight excluding hydrogens is 813 g/mol. The van der Waals surface area contributed by atoms with Gasteiger partial charge in [0.2, 0.25) is 0 Å². The Morgan fingerprint density at radius 3 is 1.65 bits per heavy atom. The first kappa shape index (κ1) is 57.1. The van der Waals surface area contributed by atoms with Gasteiger partial charge in [-0.15, -0.1) is 5.73 Å². The Morgan fingerprint density at radius 1 is 0.597 bits per heavy atom. The number of allylic oxidation sites excluding steroid dienone is 9. The van der Waals surface area contributed by atoms with Crippen molar-refractivity contribution >= 4 is 22.1 Å². The minimum atomic E-state index is -4.61. The number of aliphatic hydroxyl groups excluding tert-OH is 3. The minimum absolute atomic E-state index is 0.134. The van der Waals surface area contributed by atoms with Gasteiger partial charge >= 0.3 is 11.9 Å². The molecule has 12 nitrogen and oxygen atoms in total. The third-order valence-electron chi connectivity index (χ3n) is 10.3. The van der Waals surface area contributed by atoms with Gasteiger partial charge in [-0.05, 0) is 95.6 Å². The van der Waals surface area contributed by atoms with Crippen molar-refractivity contribution in [3.8, 4) is 0 Å². The van der Waals surface area contributed by atoms with Gasteiger partial charge < -0.3 is 34.3 Å². The molecule has 62 heavy (non-hydrogen) atoms. The monoisotopic (exact) mass is 895 g/mol. The number of ether oxygens (including phenoxy) is 4. The molecule has 356 valence electrons. The Bertz CT molecular complexity index is 1430. The van der Waals surface area contributed by atoms with Crippen molar-refractivity contribution in [2.24, 2.45) is 0 Å². The van der Waals surface area contributed by atoms with Crippen LogP contribution in [0.3, 0.4) is 0 Å². The van der Waals surface area contributed by atoms with E-state index in [9.17, 15) is 37.9 Å². The van der Waals surface area contributed by atoms with Crippen molar-refractivity contribution in [2.75, 3.05) is 19.0 Å². The second-order valence-corrected chi connectivity index (χ2v) is 17.7. The number of hydrogen-bond donors (Lipinski definition) is 4. The topological polar surface area (TPSA) is 186 Å². The highest BCUT2D eigenvalue weighted by molar-refractivity contribution is 7.85. The molecule has 1 heterocycles. The molecular formula is C49H82O12S. The molecule has 4 N–H and O–H groups in total. The lowest BCUT2D eigenvalue weighted by Crippen LogP contribution is -2.60. The van der Waals surface area contributed by atoms with Crippen LogP contribution in [0.15, 0.2) is 66.5 Å². The molecule has 2 unspecified atom stereocenters. The van der Waals surface area contributed by atoms with Crippen molar-refractivity contribution in [1.29, 1.82) is 0 Å². The van der Waals surface area contributed by atoms with Crippen LogP contribution in [0.2, 0.25) is 0 Å². The van der Waals surface area contributed by atoms with Crippen LogP contribution < -0.4 is 0 Å². The summed E-state index contributed by atoms with van der Waals surface area (Å²) in [7, 11) is -4.61. The van der Waals surface area contributed by atoms with Crippen LogP contribution in [0, 0.1) is 0 Å². The first-order valence-electron chi connectivity index (χ1n) is 23.6. The lowest BCUT2D eigenvalue weighted by molar-refractivity contribution is -0.297. The second-order valence-electron chi connectivity index (χ2n) is 16.2. The number of esters is 2. The molecule has 1 fully saturated rings. The largest absolute Gasteiger partial charge is 0.462 e. The lowest BCUT2D eigenvalue weighted by atomic mass is 10.00. The van der Waals surface area contributed by atoms with Gasteiger partial charge in [-0.25, -0.2) is 0 Å². The van der Waals surface area contributed by atoms with Crippen LogP contribution in [-0.2, 0) is 38.7 Å². The molecule has 1 aliphatic heterocycles. The number of unbranched alkanes of at least 4 members (excludes halogenated alkanes) is 16. The number of hydrogen-bond acceptors (Lipinski definition) is 11. The van der Waals surface area contributed by atoms with E-state index in [-0.39, 0.29) is 19.4 Å². The minimum Gasteiger partial charge on any atom is -0.462 e. The summed E-state index contributed by atoms with van der Waals surface area (Å²) in [5, 5.41) is 30.9. The normalized spacial score (nSPS) is 20.0. The van der Waals surface area contributed by atoms with E-state index in [1.165, 1.54) is 51.4 Å². The Hall–Kier alpha value is -2.87. The zero-order valence-electron chi connectivity index (χ0n) is 38.0. The van der Waals surface area contributed by atoms with Crippen LogP contribution >= 0.6 is 0 Å².